The van der Waals surface area contributed by atoms with E-state index in [9.17, 15) is 4.79 Å². The summed E-state index contributed by atoms with van der Waals surface area (Å²) in [7, 11) is 5.30. The number of carbonyl (C=O) groups is 1. The molecule has 100 valence electrons. The molecule has 0 aliphatic rings. The van der Waals surface area contributed by atoms with E-state index in [1.807, 2.05) is 18.9 Å². The monoisotopic (exact) mass is 315 g/mol. The summed E-state index contributed by atoms with van der Waals surface area (Å²) in [6.45, 7) is 2.46. The van der Waals surface area contributed by atoms with Gasteiger partial charge in [0.2, 0.25) is 11.9 Å². The van der Waals surface area contributed by atoms with Gasteiger partial charge >= 0.3 is 0 Å². The SMILES string of the molecule is CNC(=O)C(C)CN(C)c1nc(NC)ncc1Br. The Labute approximate surface area is 115 Å². The molecule has 0 fully saturated rings. The fourth-order valence-corrected chi connectivity index (χ4v) is 2.07. The fourth-order valence-electron chi connectivity index (χ4n) is 1.57. The second-order valence-electron chi connectivity index (χ2n) is 4.01. The molecule has 6 nitrogen and oxygen atoms in total. The summed E-state index contributed by atoms with van der Waals surface area (Å²) in [5, 5.41) is 5.52. The summed E-state index contributed by atoms with van der Waals surface area (Å²) in [6, 6.07) is 0. The molecule has 0 spiro atoms. The second kappa shape index (κ2) is 6.53. The lowest BCUT2D eigenvalue weighted by atomic mass is 10.1. The number of hydrogen-bond acceptors (Lipinski definition) is 5. The predicted molar refractivity (Wildman–Crippen MR) is 75.8 cm³/mol. The smallest absolute Gasteiger partial charge is 0.224 e. The number of amides is 1. The van der Waals surface area contributed by atoms with Crippen LogP contribution in [0.3, 0.4) is 0 Å². The third-order valence-corrected chi connectivity index (χ3v) is 3.11. The average molecular weight is 316 g/mol. The van der Waals surface area contributed by atoms with E-state index >= 15 is 0 Å². The topological polar surface area (TPSA) is 70.2 Å². The van der Waals surface area contributed by atoms with E-state index in [2.05, 4.69) is 36.5 Å². The van der Waals surface area contributed by atoms with Gasteiger partial charge in [-0.3, -0.25) is 4.79 Å². The molecule has 0 aromatic carbocycles. The molecule has 0 saturated heterocycles. The highest BCUT2D eigenvalue weighted by molar-refractivity contribution is 9.10. The lowest BCUT2D eigenvalue weighted by Crippen LogP contribution is -2.34. The fraction of sp³-hybridized carbons (Fsp3) is 0.545. The van der Waals surface area contributed by atoms with Crippen LogP contribution in [-0.2, 0) is 4.79 Å². The van der Waals surface area contributed by atoms with Gasteiger partial charge in [-0.25, -0.2) is 4.98 Å². The first-order valence-corrected chi connectivity index (χ1v) is 6.42. The van der Waals surface area contributed by atoms with E-state index in [0.717, 1.165) is 10.3 Å². The lowest BCUT2D eigenvalue weighted by molar-refractivity contribution is -0.123. The molecule has 0 radical (unpaired) electrons. The summed E-state index contributed by atoms with van der Waals surface area (Å²) >= 11 is 3.41. The molecular weight excluding hydrogens is 298 g/mol. The molecule has 0 aliphatic carbocycles. The molecular formula is C11H18BrN5O. The Hall–Kier alpha value is -1.37. The predicted octanol–water partition coefficient (Wildman–Crippen LogP) is 1.10. The van der Waals surface area contributed by atoms with Crippen molar-refractivity contribution < 1.29 is 4.79 Å². The summed E-state index contributed by atoms with van der Waals surface area (Å²) in [4.78, 5) is 21.9. The van der Waals surface area contributed by atoms with Crippen LogP contribution >= 0.6 is 15.9 Å². The molecule has 1 aromatic heterocycles. The summed E-state index contributed by atoms with van der Waals surface area (Å²) in [5.41, 5.74) is 0. The zero-order valence-corrected chi connectivity index (χ0v) is 12.6. The minimum atomic E-state index is -0.111. The van der Waals surface area contributed by atoms with E-state index in [4.69, 9.17) is 0 Å². The molecule has 1 atom stereocenters. The van der Waals surface area contributed by atoms with Gasteiger partial charge in [-0.05, 0) is 15.9 Å². The molecule has 0 saturated carbocycles. The van der Waals surface area contributed by atoms with Crippen molar-refractivity contribution in [3.8, 4) is 0 Å². The van der Waals surface area contributed by atoms with Gasteiger partial charge in [0.1, 0.15) is 5.82 Å². The van der Waals surface area contributed by atoms with Crippen LogP contribution in [0.2, 0.25) is 0 Å². The van der Waals surface area contributed by atoms with E-state index in [-0.39, 0.29) is 11.8 Å². The number of rotatable bonds is 5. The Bertz CT molecular complexity index is 426. The van der Waals surface area contributed by atoms with Gasteiger partial charge in [0, 0.05) is 33.9 Å². The van der Waals surface area contributed by atoms with E-state index < -0.39 is 0 Å². The Balaban J connectivity index is 2.83. The van der Waals surface area contributed by atoms with Crippen LogP contribution in [0.5, 0.6) is 0 Å². The van der Waals surface area contributed by atoms with Crippen LogP contribution in [0.4, 0.5) is 11.8 Å². The van der Waals surface area contributed by atoms with Crippen LogP contribution in [0, 0.1) is 5.92 Å². The first-order chi connectivity index (χ1) is 8.49. The Morgan fingerprint density at radius 3 is 2.78 bits per heavy atom. The summed E-state index contributed by atoms with van der Waals surface area (Å²) in [5.74, 6) is 1.21. The molecule has 7 heteroatoms. The quantitative estimate of drug-likeness (QED) is 0.851. The highest BCUT2D eigenvalue weighted by atomic mass is 79.9. The van der Waals surface area contributed by atoms with Crippen LogP contribution in [-0.4, -0.2) is 43.6 Å². The van der Waals surface area contributed by atoms with Crippen LogP contribution < -0.4 is 15.5 Å². The molecule has 2 N–H and O–H groups in total. The van der Waals surface area contributed by atoms with Gasteiger partial charge in [0.15, 0.2) is 0 Å². The van der Waals surface area contributed by atoms with Gasteiger partial charge in [0.25, 0.3) is 0 Å². The van der Waals surface area contributed by atoms with Crippen molar-refractivity contribution in [1.29, 1.82) is 0 Å². The zero-order valence-electron chi connectivity index (χ0n) is 11.0. The highest BCUT2D eigenvalue weighted by Crippen LogP contribution is 2.23. The van der Waals surface area contributed by atoms with Crippen molar-refractivity contribution in [3.63, 3.8) is 0 Å². The van der Waals surface area contributed by atoms with Gasteiger partial charge in [-0.15, -0.1) is 0 Å². The number of nitrogens with one attached hydrogen (secondary N) is 2. The maximum atomic E-state index is 11.5. The third kappa shape index (κ3) is 3.56. The molecule has 1 amide bonds. The van der Waals surface area contributed by atoms with Crippen LogP contribution in [0.1, 0.15) is 6.92 Å². The molecule has 1 heterocycles. The lowest BCUT2D eigenvalue weighted by Gasteiger charge is -2.22. The largest absolute Gasteiger partial charge is 0.359 e. The highest BCUT2D eigenvalue weighted by Gasteiger charge is 2.16. The molecule has 1 unspecified atom stereocenters. The number of halogens is 1. The first kappa shape index (κ1) is 14.7. The van der Waals surface area contributed by atoms with Crippen molar-refractivity contribution in [1.82, 2.24) is 15.3 Å². The van der Waals surface area contributed by atoms with E-state index in [0.29, 0.717) is 12.5 Å². The van der Waals surface area contributed by atoms with Crippen molar-refractivity contribution in [2.45, 2.75) is 6.92 Å². The van der Waals surface area contributed by atoms with Gasteiger partial charge in [-0.1, -0.05) is 6.92 Å². The number of carbonyl (C=O) groups excluding carboxylic acids is 1. The van der Waals surface area contributed by atoms with Crippen LogP contribution in [0.15, 0.2) is 10.7 Å². The van der Waals surface area contributed by atoms with E-state index in [1.54, 1.807) is 20.3 Å². The normalized spacial score (nSPS) is 11.8. The van der Waals surface area contributed by atoms with E-state index in [1.165, 1.54) is 0 Å². The maximum absolute atomic E-state index is 11.5. The van der Waals surface area contributed by atoms with Gasteiger partial charge < -0.3 is 15.5 Å². The molecule has 0 bridgehead atoms. The number of aromatic nitrogens is 2. The van der Waals surface area contributed by atoms with Crippen molar-refractivity contribution in [2.75, 3.05) is 37.9 Å². The first-order valence-electron chi connectivity index (χ1n) is 5.62. The molecule has 1 aromatic rings. The van der Waals surface area contributed by atoms with Crippen molar-refractivity contribution in [3.05, 3.63) is 10.7 Å². The Morgan fingerprint density at radius 2 is 2.22 bits per heavy atom. The maximum Gasteiger partial charge on any atom is 0.224 e. The zero-order chi connectivity index (χ0) is 13.7. The minimum absolute atomic E-state index is 0.0147. The standard InChI is InChI=1S/C11H18BrN5O/c1-7(10(18)13-2)6-17(4)9-8(12)5-15-11(14-3)16-9/h5,7H,6H2,1-4H3,(H,13,18)(H,14,15,16). The molecule has 0 aliphatic heterocycles. The van der Waals surface area contributed by atoms with Crippen LogP contribution in [0.25, 0.3) is 0 Å². The van der Waals surface area contributed by atoms with Gasteiger partial charge in [0.05, 0.1) is 10.4 Å². The van der Waals surface area contributed by atoms with Crippen molar-refractivity contribution in [2.24, 2.45) is 5.92 Å². The summed E-state index contributed by atoms with van der Waals surface area (Å²) in [6.07, 6.45) is 1.69. The van der Waals surface area contributed by atoms with Crippen molar-refractivity contribution >= 4 is 33.6 Å². The Kier molecular flexibility index (Phi) is 5.33. The molecule has 1 rings (SSSR count). The minimum Gasteiger partial charge on any atom is -0.359 e. The average Bonchev–Trinajstić information content (AvgIpc) is 2.38. The van der Waals surface area contributed by atoms with Gasteiger partial charge in [-0.2, -0.15) is 4.98 Å². The number of anilines is 2. The Morgan fingerprint density at radius 1 is 1.56 bits per heavy atom. The summed E-state index contributed by atoms with van der Waals surface area (Å²) < 4.78 is 0.799. The number of nitrogens with zero attached hydrogens (tertiary/aromatic N) is 3. The third-order valence-electron chi connectivity index (χ3n) is 2.55. The molecule has 18 heavy (non-hydrogen) atoms. The number of hydrogen-bond donors (Lipinski definition) is 2. The second-order valence-corrected chi connectivity index (χ2v) is 4.87.